The first-order valence-electron chi connectivity index (χ1n) is 10.7. The van der Waals surface area contributed by atoms with Gasteiger partial charge in [0.2, 0.25) is 0 Å². The van der Waals surface area contributed by atoms with Gasteiger partial charge in [0, 0.05) is 30.2 Å². The van der Waals surface area contributed by atoms with Crippen LogP contribution in [0.5, 0.6) is 0 Å². The molecule has 1 fully saturated rings. The summed E-state index contributed by atoms with van der Waals surface area (Å²) in [5.74, 6) is 0. The van der Waals surface area contributed by atoms with Gasteiger partial charge < -0.3 is 19.9 Å². The molecule has 4 rings (SSSR count). The number of ether oxygens (including phenoxy) is 1. The number of aryl methyl sites for hydroxylation is 1. The van der Waals surface area contributed by atoms with E-state index in [2.05, 4.69) is 59.7 Å². The number of amides is 1. The maximum Gasteiger partial charge on any atom is 0.410 e. The van der Waals surface area contributed by atoms with Crippen LogP contribution in [0.4, 0.5) is 10.5 Å². The van der Waals surface area contributed by atoms with E-state index < -0.39 is 5.60 Å². The summed E-state index contributed by atoms with van der Waals surface area (Å²) < 4.78 is 5.51. The third-order valence-electron chi connectivity index (χ3n) is 5.46. The van der Waals surface area contributed by atoms with Gasteiger partial charge in [0.1, 0.15) is 5.60 Å². The number of aromatic amines is 1. The SMILES string of the molecule is Cc1cc(NC2CCN(C(=O)OC(C)(C)C)CC2)c2[nH]c(-c3ccccc3)cc2c1. The number of carbonyl (C=O) groups excluding carboxylic acids is 1. The van der Waals surface area contributed by atoms with Gasteiger partial charge in [-0.05, 0) is 69.9 Å². The van der Waals surface area contributed by atoms with Crippen LogP contribution in [0, 0.1) is 6.92 Å². The van der Waals surface area contributed by atoms with E-state index in [0.717, 1.165) is 29.7 Å². The highest BCUT2D eigenvalue weighted by Crippen LogP contribution is 2.31. The van der Waals surface area contributed by atoms with Crippen molar-refractivity contribution in [2.75, 3.05) is 18.4 Å². The molecule has 0 saturated carbocycles. The Morgan fingerprint density at radius 3 is 2.47 bits per heavy atom. The number of rotatable bonds is 3. The number of H-pyrrole nitrogens is 1. The van der Waals surface area contributed by atoms with E-state index in [1.807, 2.05) is 31.7 Å². The second-order valence-electron chi connectivity index (χ2n) is 9.21. The van der Waals surface area contributed by atoms with Crippen molar-refractivity contribution in [3.63, 3.8) is 0 Å². The second kappa shape index (κ2) is 8.05. The first kappa shape index (κ1) is 20.3. The summed E-state index contributed by atoms with van der Waals surface area (Å²) in [5.41, 5.74) is 5.34. The average molecular weight is 406 g/mol. The highest BCUT2D eigenvalue weighted by atomic mass is 16.6. The van der Waals surface area contributed by atoms with Crippen LogP contribution in [0.2, 0.25) is 0 Å². The minimum atomic E-state index is -0.455. The fourth-order valence-electron chi connectivity index (χ4n) is 4.03. The van der Waals surface area contributed by atoms with Crippen molar-refractivity contribution in [2.24, 2.45) is 0 Å². The summed E-state index contributed by atoms with van der Waals surface area (Å²) >= 11 is 0. The van der Waals surface area contributed by atoms with Crippen molar-refractivity contribution in [3.8, 4) is 11.3 Å². The van der Waals surface area contributed by atoms with Gasteiger partial charge in [0.05, 0.1) is 11.2 Å². The smallest absolute Gasteiger partial charge is 0.410 e. The van der Waals surface area contributed by atoms with Crippen LogP contribution in [0.25, 0.3) is 22.2 Å². The number of fused-ring (bicyclic) bond motifs is 1. The van der Waals surface area contributed by atoms with E-state index >= 15 is 0 Å². The van der Waals surface area contributed by atoms with Crippen molar-refractivity contribution < 1.29 is 9.53 Å². The zero-order chi connectivity index (χ0) is 21.3. The number of nitrogens with zero attached hydrogens (tertiary/aromatic N) is 1. The third-order valence-corrected chi connectivity index (χ3v) is 5.46. The predicted octanol–water partition coefficient (Wildman–Crippen LogP) is 5.95. The van der Waals surface area contributed by atoms with Crippen molar-refractivity contribution in [3.05, 3.63) is 54.1 Å². The van der Waals surface area contributed by atoms with Crippen LogP contribution in [0.1, 0.15) is 39.2 Å². The molecule has 1 aliphatic rings. The Kier molecular flexibility index (Phi) is 5.46. The molecule has 158 valence electrons. The molecule has 2 N–H and O–H groups in total. The largest absolute Gasteiger partial charge is 0.444 e. The Labute approximate surface area is 178 Å². The highest BCUT2D eigenvalue weighted by Gasteiger charge is 2.27. The Bertz CT molecular complexity index is 1030. The summed E-state index contributed by atoms with van der Waals surface area (Å²) in [7, 11) is 0. The predicted molar refractivity (Wildman–Crippen MR) is 123 cm³/mol. The van der Waals surface area contributed by atoms with Crippen LogP contribution in [0.3, 0.4) is 0 Å². The molecule has 0 unspecified atom stereocenters. The maximum absolute atomic E-state index is 12.3. The van der Waals surface area contributed by atoms with E-state index in [1.54, 1.807) is 0 Å². The van der Waals surface area contributed by atoms with Crippen molar-refractivity contribution in [1.29, 1.82) is 0 Å². The highest BCUT2D eigenvalue weighted by molar-refractivity contribution is 5.95. The molecule has 1 saturated heterocycles. The fourth-order valence-corrected chi connectivity index (χ4v) is 4.03. The quantitative estimate of drug-likeness (QED) is 0.566. The molecule has 0 radical (unpaired) electrons. The first-order valence-corrected chi connectivity index (χ1v) is 10.7. The topological polar surface area (TPSA) is 57.4 Å². The van der Waals surface area contributed by atoms with E-state index in [9.17, 15) is 4.79 Å². The Morgan fingerprint density at radius 2 is 1.80 bits per heavy atom. The standard InChI is InChI=1S/C25H31N3O2/c1-17-14-19-16-21(18-8-6-5-7-9-18)27-23(19)22(15-17)26-20-10-12-28(13-11-20)24(29)30-25(2,3)4/h5-9,14-16,20,26-27H,10-13H2,1-4H3. The van der Waals surface area contributed by atoms with E-state index in [4.69, 9.17) is 4.74 Å². The van der Waals surface area contributed by atoms with Crippen LogP contribution in [-0.4, -0.2) is 40.7 Å². The second-order valence-corrected chi connectivity index (χ2v) is 9.21. The molecule has 5 heteroatoms. The van der Waals surface area contributed by atoms with E-state index in [0.29, 0.717) is 19.1 Å². The Hall–Kier alpha value is -2.95. The lowest BCUT2D eigenvalue weighted by atomic mass is 10.0. The van der Waals surface area contributed by atoms with E-state index in [1.165, 1.54) is 16.5 Å². The van der Waals surface area contributed by atoms with Gasteiger partial charge in [-0.15, -0.1) is 0 Å². The van der Waals surface area contributed by atoms with Gasteiger partial charge in [-0.1, -0.05) is 30.3 Å². The molecular weight excluding hydrogens is 374 g/mol. The van der Waals surface area contributed by atoms with Crippen LogP contribution in [-0.2, 0) is 4.74 Å². The summed E-state index contributed by atoms with van der Waals surface area (Å²) in [6, 6.07) is 17.4. The van der Waals surface area contributed by atoms with Crippen molar-refractivity contribution in [2.45, 2.75) is 52.2 Å². The van der Waals surface area contributed by atoms with Gasteiger partial charge in [-0.3, -0.25) is 0 Å². The molecule has 2 heterocycles. The number of anilines is 1. The molecule has 0 aliphatic carbocycles. The maximum atomic E-state index is 12.3. The Balaban J connectivity index is 1.48. The van der Waals surface area contributed by atoms with Gasteiger partial charge in [0.15, 0.2) is 0 Å². The number of likely N-dealkylation sites (tertiary alicyclic amines) is 1. The van der Waals surface area contributed by atoms with Crippen LogP contribution < -0.4 is 5.32 Å². The van der Waals surface area contributed by atoms with Crippen LogP contribution in [0.15, 0.2) is 48.5 Å². The zero-order valence-corrected chi connectivity index (χ0v) is 18.3. The number of benzene rings is 2. The molecule has 3 aromatic rings. The molecule has 5 nitrogen and oxygen atoms in total. The van der Waals surface area contributed by atoms with Gasteiger partial charge in [-0.25, -0.2) is 4.79 Å². The van der Waals surface area contributed by atoms with E-state index in [-0.39, 0.29) is 6.09 Å². The lowest BCUT2D eigenvalue weighted by Gasteiger charge is -2.34. The molecule has 30 heavy (non-hydrogen) atoms. The van der Waals surface area contributed by atoms with Crippen LogP contribution >= 0.6 is 0 Å². The number of carbonyl (C=O) groups is 1. The third kappa shape index (κ3) is 4.61. The molecule has 1 aromatic heterocycles. The molecule has 0 bridgehead atoms. The first-order chi connectivity index (χ1) is 14.3. The summed E-state index contributed by atoms with van der Waals surface area (Å²) in [6.07, 6.45) is 1.60. The Morgan fingerprint density at radius 1 is 1.10 bits per heavy atom. The van der Waals surface area contributed by atoms with Crippen molar-refractivity contribution in [1.82, 2.24) is 9.88 Å². The molecule has 0 spiro atoms. The lowest BCUT2D eigenvalue weighted by molar-refractivity contribution is 0.0210. The van der Waals surface area contributed by atoms with Gasteiger partial charge in [0.25, 0.3) is 0 Å². The van der Waals surface area contributed by atoms with Crippen molar-refractivity contribution >= 4 is 22.7 Å². The monoisotopic (exact) mass is 405 g/mol. The average Bonchev–Trinajstić information content (AvgIpc) is 3.12. The number of piperidine rings is 1. The molecular formula is C25H31N3O2. The lowest BCUT2D eigenvalue weighted by Crippen LogP contribution is -2.44. The minimum absolute atomic E-state index is 0.212. The summed E-state index contributed by atoms with van der Waals surface area (Å²) in [4.78, 5) is 17.7. The minimum Gasteiger partial charge on any atom is -0.444 e. The normalized spacial score (nSPS) is 15.4. The number of aromatic nitrogens is 1. The number of hydrogen-bond acceptors (Lipinski definition) is 3. The summed E-state index contributed by atoms with van der Waals surface area (Å²) in [6.45, 7) is 9.26. The number of hydrogen-bond donors (Lipinski definition) is 2. The van der Waals surface area contributed by atoms with Gasteiger partial charge in [-0.2, -0.15) is 0 Å². The molecule has 0 atom stereocenters. The fraction of sp³-hybridized carbons (Fsp3) is 0.400. The summed E-state index contributed by atoms with van der Waals surface area (Å²) in [5, 5.41) is 4.94. The molecule has 1 aliphatic heterocycles. The van der Waals surface area contributed by atoms with Gasteiger partial charge >= 0.3 is 6.09 Å². The molecule has 2 aromatic carbocycles. The molecule has 1 amide bonds. The zero-order valence-electron chi connectivity index (χ0n) is 18.3. The number of nitrogens with one attached hydrogen (secondary N) is 2.